The number of carbonyl (C=O) groups excluding carboxylic acids is 2. The summed E-state index contributed by atoms with van der Waals surface area (Å²) in [6.07, 6.45) is 0.918. The van der Waals surface area contributed by atoms with Crippen LogP contribution in [0.15, 0.2) is 48.5 Å². The molecule has 2 amide bonds. The van der Waals surface area contributed by atoms with Crippen LogP contribution in [-0.4, -0.2) is 54.9 Å². The highest BCUT2D eigenvalue weighted by Crippen LogP contribution is 2.48. The topological polar surface area (TPSA) is 49.9 Å². The molecule has 1 saturated carbocycles. The Morgan fingerprint density at radius 1 is 1.00 bits per heavy atom. The average Bonchev–Trinajstić information content (AvgIpc) is 3.54. The molecule has 146 valence electrons. The van der Waals surface area contributed by atoms with Gasteiger partial charge in [0.15, 0.2) is 0 Å². The number of hydrogen-bond acceptors (Lipinski definition) is 3. The lowest BCUT2D eigenvalue weighted by Gasteiger charge is -2.35. The van der Waals surface area contributed by atoms with Crippen LogP contribution < -0.4 is 4.74 Å². The molecule has 2 fully saturated rings. The average molecular weight is 399 g/mol. The maximum atomic E-state index is 12.9. The molecule has 2 aliphatic rings. The van der Waals surface area contributed by atoms with Gasteiger partial charge in [0.05, 0.1) is 12.7 Å². The summed E-state index contributed by atoms with van der Waals surface area (Å²) in [5.74, 6) is 1.03. The Morgan fingerprint density at radius 2 is 1.68 bits per heavy atom. The van der Waals surface area contributed by atoms with Gasteiger partial charge in [0.25, 0.3) is 5.91 Å². The van der Waals surface area contributed by atoms with E-state index in [1.54, 1.807) is 23.1 Å². The van der Waals surface area contributed by atoms with Crippen molar-refractivity contribution >= 4 is 23.4 Å². The second-order valence-electron chi connectivity index (χ2n) is 7.32. The molecule has 6 heteroatoms. The fourth-order valence-corrected chi connectivity index (χ4v) is 4.09. The molecule has 0 bridgehead atoms. The standard InChI is InChI=1S/C22H23ClN2O3/c1-28-20-8-7-16(23)13-19(20)22(27)25-11-9-24(10-12-25)21(26)18-14-17(18)15-5-3-2-4-6-15/h2-8,13,17-18H,9-12,14H2,1H3/t17-,18+/m1/s1. The van der Waals surface area contributed by atoms with Crippen LogP contribution in [0.5, 0.6) is 5.75 Å². The van der Waals surface area contributed by atoms with Crippen molar-refractivity contribution < 1.29 is 14.3 Å². The van der Waals surface area contributed by atoms with E-state index in [2.05, 4.69) is 12.1 Å². The van der Waals surface area contributed by atoms with Crippen LogP contribution in [0.1, 0.15) is 28.3 Å². The van der Waals surface area contributed by atoms with Crippen LogP contribution in [0.25, 0.3) is 0 Å². The Kier molecular flexibility index (Phi) is 5.27. The zero-order chi connectivity index (χ0) is 19.7. The number of amides is 2. The molecule has 0 aromatic heterocycles. The van der Waals surface area contributed by atoms with Crippen LogP contribution >= 0.6 is 11.6 Å². The van der Waals surface area contributed by atoms with Crippen LogP contribution in [0.2, 0.25) is 5.02 Å². The van der Waals surface area contributed by atoms with E-state index in [-0.39, 0.29) is 17.7 Å². The summed E-state index contributed by atoms with van der Waals surface area (Å²) in [6.45, 7) is 2.16. The molecule has 1 saturated heterocycles. The van der Waals surface area contributed by atoms with E-state index in [4.69, 9.17) is 16.3 Å². The van der Waals surface area contributed by atoms with Gasteiger partial charge in [-0.3, -0.25) is 9.59 Å². The van der Waals surface area contributed by atoms with Crippen molar-refractivity contribution in [2.45, 2.75) is 12.3 Å². The quantitative estimate of drug-likeness (QED) is 0.792. The molecule has 4 rings (SSSR count). The molecule has 2 atom stereocenters. The molecule has 0 spiro atoms. The molecule has 1 aliphatic carbocycles. The highest BCUT2D eigenvalue weighted by atomic mass is 35.5. The molecule has 5 nitrogen and oxygen atoms in total. The van der Waals surface area contributed by atoms with Crippen molar-refractivity contribution in [3.8, 4) is 5.75 Å². The lowest BCUT2D eigenvalue weighted by atomic mass is 10.1. The first-order chi connectivity index (χ1) is 13.6. The van der Waals surface area contributed by atoms with Crippen molar-refractivity contribution in [1.82, 2.24) is 9.80 Å². The third-order valence-corrected chi connectivity index (χ3v) is 5.84. The van der Waals surface area contributed by atoms with E-state index in [1.165, 1.54) is 12.7 Å². The summed E-state index contributed by atoms with van der Waals surface area (Å²) in [5.41, 5.74) is 1.70. The van der Waals surface area contributed by atoms with Gasteiger partial charge in [0, 0.05) is 37.1 Å². The van der Waals surface area contributed by atoms with E-state index in [9.17, 15) is 9.59 Å². The van der Waals surface area contributed by atoms with Gasteiger partial charge >= 0.3 is 0 Å². The van der Waals surface area contributed by atoms with Gasteiger partial charge in [-0.15, -0.1) is 0 Å². The van der Waals surface area contributed by atoms with Crippen molar-refractivity contribution in [3.05, 3.63) is 64.7 Å². The largest absolute Gasteiger partial charge is 0.496 e. The van der Waals surface area contributed by atoms with Crippen molar-refractivity contribution in [2.24, 2.45) is 5.92 Å². The molecule has 2 aromatic rings. The Bertz CT molecular complexity index is 879. The number of piperazine rings is 1. The summed E-state index contributed by atoms with van der Waals surface area (Å²) in [6, 6.07) is 15.2. The first-order valence-corrected chi connectivity index (χ1v) is 9.93. The second-order valence-corrected chi connectivity index (χ2v) is 7.76. The lowest BCUT2D eigenvalue weighted by molar-refractivity contribution is -0.134. The minimum Gasteiger partial charge on any atom is -0.496 e. The van der Waals surface area contributed by atoms with E-state index < -0.39 is 0 Å². The summed E-state index contributed by atoms with van der Waals surface area (Å²) in [4.78, 5) is 29.4. The number of rotatable bonds is 4. The smallest absolute Gasteiger partial charge is 0.257 e. The summed E-state index contributed by atoms with van der Waals surface area (Å²) in [5, 5.41) is 0.499. The Hall–Kier alpha value is -2.53. The van der Waals surface area contributed by atoms with Gasteiger partial charge in [-0.25, -0.2) is 0 Å². The Balaban J connectivity index is 1.36. The molecule has 0 radical (unpaired) electrons. The number of halogens is 1. The minimum absolute atomic E-state index is 0.0812. The Morgan fingerprint density at radius 3 is 2.36 bits per heavy atom. The number of hydrogen-bond donors (Lipinski definition) is 0. The predicted molar refractivity (Wildman–Crippen MR) is 108 cm³/mol. The zero-order valence-electron chi connectivity index (χ0n) is 15.8. The zero-order valence-corrected chi connectivity index (χ0v) is 16.6. The molecular formula is C22H23ClN2O3. The van der Waals surface area contributed by atoms with Gasteiger partial charge in [-0.05, 0) is 36.1 Å². The van der Waals surface area contributed by atoms with Gasteiger partial charge in [-0.2, -0.15) is 0 Å². The predicted octanol–water partition coefficient (Wildman–Crippen LogP) is 3.44. The summed E-state index contributed by atoms with van der Waals surface area (Å²) >= 11 is 6.05. The first-order valence-electron chi connectivity index (χ1n) is 9.55. The van der Waals surface area contributed by atoms with Gasteiger partial charge < -0.3 is 14.5 Å². The van der Waals surface area contributed by atoms with Crippen molar-refractivity contribution in [2.75, 3.05) is 33.3 Å². The maximum Gasteiger partial charge on any atom is 0.257 e. The monoisotopic (exact) mass is 398 g/mol. The summed E-state index contributed by atoms with van der Waals surface area (Å²) < 4.78 is 5.29. The Labute approximate surface area is 169 Å². The normalized spacial score (nSPS) is 21.4. The molecule has 2 aromatic carbocycles. The highest BCUT2D eigenvalue weighted by molar-refractivity contribution is 6.31. The summed E-state index contributed by atoms with van der Waals surface area (Å²) in [7, 11) is 1.54. The molecule has 28 heavy (non-hydrogen) atoms. The van der Waals surface area contributed by atoms with Crippen LogP contribution in [-0.2, 0) is 4.79 Å². The molecule has 1 heterocycles. The molecule has 1 aliphatic heterocycles. The van der Waals surface area contributed by atoms with E-state index in [0.717, 1.165) is 6.42 Å². The number of methoxy groups -OCH3 is 1. The third kappa shape index (κ3) is 3.72. The molecule has 0 N–H and O–H groups in total. The van der Waals surface area contributed by atoms with Crippen molar-refractivity contribution in [3.63, 3.8) is 0 Å². The number of carbonyl (C=O) groups is 2. The maximum absolute atomic E-state index is 12.9. The van der Waals surface area contributed by atoms with Gasteiger partial charge in [-0.1, -0.05) is 41.9 Å². The van der Waals surface area contributed by atoms with Gasteiger partial charge in [0.1, 0.15) is 5.75 Å². The third-order valence-electron chi connectivity index (χ3n) is 5.61. The second kappa shape index (κ2) is 7.84. The lowest BCUT2D eigenvalue weighted by Crippen LogP contribution is -2.51. The van der Waals surface area contributed by atoms with Crippen LogP contribution in [0.3, 0.4) is 0 Å². The van der Waals surface area contributed by atoms with Gasteiger partial charge in [0.2, 0.25) is 5.91 Å². The molecular weight excluding hydrogens is 376 g/mol. The molecule has 0 unspecified atom stereocenters. The fourth-order valence-electron chi connectivity index (χ4n) is 3.92. The minimum atomic E-state index is -0.111. The first kappa shape index (κ1) is 18.8. The van der Waals surface area contributed by atoms with Crippen molar-refractivity contribution in [1.29, 1.82) is 0 Å². The SMILES string of the molecule is COc1ccc(Cl)cc1C(=O)N1CCN(C(=O)[C@H]2C[C@@H]2c2ccccc2)CC1. The number of ether oxygens (including phenoxy) is 1. The fraction of sp³-hybridized carbons (Fsp3) is 0.364. The van der Waals surface area contributed by atoms with E-state index in [0.29, 0.717) is 48.4 Å². The van der Waals surface area contributed by atoms with E-state index >= 15 is 0 Å². The number of benzene rings is 2. The number of nitrogens with zero attached hydrogens (tertiary/aromatic N) is 2. The highest BCUT2D eigenvalue weighted by Gasteiger charge is 2.46. The van der Waals surface area contributed by atoms with E-state index in [1.807, 2.05) is 23.1 Å². The van der Waals surface area contributed by atoms with Crippen LogP contribution in [0.4, 0.5) is 0 Å². The van der Waals surface area contributed by atoms with Crippen LogP contribution in [0, 0.1) is 5.92 Å².